The number of benzene rings is 2. The van der Waals surface area contributed by atoms with Crippen molar-refractivity contribution in [3.63, 3.8) is 0 Å². The number of hydrogen-bond donors (Lipinski definition) is 0. The van der Waals surface area contributed by atoms with E-state index in [-0.39, 0.29) is 0 Å². The summed E-state index contributed by atoms with van der Waals surface area (Å²) in [5.41, 5.74) is 5.54. The predicted molar refractivity (Wildman–Crippen MR) is 78.2 cm³/mol. The van der Waals surface area contributed by atoms with Crippen LogP contribution in [0.1, 0.15) is 12.6 Å². The number of hydrogen-bond acceptors (Lipinski definition) is 1. The molecule has 2 aromatic heterocycles. The third kappa shape index (κ3) is 1.43. The summed E-state index contributed by atoms with van der Waals surface area (Å²) in [5.74, 6) is 0. The van der Waals surface area contributed by atoms with E-state index in [1.54, 1.807) is 0 Å². The van der Waals surface area contributed by atoms with Gasteiger partial charge in [-0.2, -0.15) is 8.97 Å². The van der Waals surface area contributed by atoms with Gasteiger partial charge in [-0.25, -0.2) is 0 Å². The minimum absolute atomic E-state index is 0.404. The van der Waals surface area contributed by atoms with E-state index in [1.165, 1.54) is 0 Å². The molecule has 0 radical (unpaired) electrons. The number of oxazole rings is 1. The zero-order valence-corrected chi connectivity index (χ0v) is 11.4. The normalized spacial score (nSPS) is 12.2. The number of nitrogens with zero attached hydrogens (tertiary/aromatic N) is 2. The zero-order chi connectivity index (χ0) is 14.6. The van der Waals surface area contributed by atoms with Crippen LogP contribution in [0.2, 0.25) is 0 Å². The van der Waals surface area contributed by atoms with Gasteiger partial charge in [0, 0.05) is 6.92 Å². The molecule has 0 unspecified atom stereocenters. The number of rotatable bonds is 1. The van der Waals surface area contributed by atoms with Crippen molar-refractivity contribution in [2.75, 3.05) is 0 Å². The van der Waals surface area contributed by atoms with Gasteiger partial charge in [0.05, 0.1) is 0 Å². The van der Waals surface area contributed by atoms with Gasteiger partial charge in [0.15, 0.2) is 18.2 Å². The summed E-state index contributed by atoms with van der Waals surface area (Å²) in [6, 6.07) is 15.9. The summed E-state index contributed by atoms with van der Waals surface area (Å²) in [5, 5.41) is 0. The van der Waals surface area contributed by atoms with E-state index in [0.717, 1.165) is 33.8 Å². The molecule has 0 N–H and O–H groups in total. The third-order valence-electron chi connectivity index (χ3n) is 3.72. The fourth-order valence-corrected chi connectivity index (χ4v) is 2.64. The molecule has 3 nitrogen and oxygen atoms in total. The highest BCUT2D eigenvalue weighted by Crippen LogP contribution is 2.22. The van der Waals surface area contributed by atoms with E-state index in [1.807, 2.05) is 58.4 Å². The van der Waals surface area contributed by atoms with Crippen LogP contribution in [-0.2, 0) is 0 Å². The lowest BCUT2D eigenvalue weighted by Crippen LogP contribution is -2.32. The first-order valence-corrected chi connectivity index (χ1v) is 6.65. The number of aryl methyl sites for hydroxylation is 2. The van der Waals surface area contributed by atoms with Gasteiger partial charge in [-0.05, 0) is 30.7 Å². The molecule has 0 saturated carbocycles. The zero-order valence-electron chi connectivity index (χ0n) is 12.4. The van der Waals surface area contributed by atoms with Crippen LogP contribution in [0.15, 0.2) is 59.3 Å². The van der Waals surface area contributed by atoms with Gasteiger partial charge in [0.1, 0.15) is 5.69 Å². The molecule has 0 aliphatic heterocycles. The van der Waals surface area contributed by atoms with Gasteiger partial charge in [-0.15, -0.1) is 0 Å². The predicted octanol–water partition coefficient (Wildman–Crippen LogP) is 3.58. The van der Waals surface area contributed by atoms with Crippen molar-refractivity contribution in [3.05, 3.63) is 66.1 Å². The molecule has 2 heterocycles. The van der Waals surface area contributed by atoms with Crippen molar-refractivity contribution in [1.82, 2.24) is 4.40 Å². The minimum atomic E-state index is 0.404. The van der Waals surface area contributed by atoms with E-state index < -0.39 is 0 Å². The van der Waals surface area contributed by atoms with Crippen molar-refractivity contribution in [3.8, 4) is 5.69 Å². The van der Waals surface area contributed by atoms with Gasteiger partial charge < -0.3 is 4.42 Å². The molecule has 0 aliphatic carbocycles. The fraction of sp³-hybridized carbons (Fsp3) is 0.118. The Kier molecular flexibility index (Phi) is 2.04. The van der Waals surface area contributed by atoms with Crippen LogP contribution in [0, 0.1) is 13.8 Å². The summed E-state index contributed by atoms with van der Waals surface area (Å²) in [4.78, 5) is 0. The maximum Gasteiger partial charge on any atom is 0.339 e. The Morgan fingerprint density at radius 3 is 2.65 bits per heavy atom. The first kappa shape index (κ1) is 10.3. The number of imidazole rings is 1. The highest BCUT2D eigenvalue weighted by molar-refractivity contribution is 5.77. The van der Waals surface area contributed by atoms with Crippen molar-refractivity contribution in [2.24, 2.45) is 0 Å². The van der Waals surface area contributed by atoms with Crippen molar-refractivity contribution in [1.29, 1.82) is 0 Å². The molecule has 98 valence electrons. The second-order valence-electron chi connectivity index (χ2n) is 5.02. The molecule has 0 saturated heterocycles. The highest BCUT2D eigenvalue weighted by Gasteiger charge is 2.22. The lowest BCUT2D eigenvalue weighted by molar-refractivity contribution is -0.601. The van der Waals surface area contributed by atoms with E-state index in [9.17, 15) is 0 Å². The Bertz CT molecular complexity index is 981. The van der Waals surface area contributed by atoms with E-state index in [0.29, 0.717) is 6.30 Å². The Morgan fingerprint density at radius 2 is 1.80 bits per heavy atom. The summed E-state index contributed by atoms with van der Waals surface area (Å²) in [6.45, 7) is 4.04. The van der Waals surface area contributed by atoms with Crippen LogP contribution >= 0.6 is 0 Å². The molecular formula is C17H15N2O+. The smallest absolute Gasteiger partial charge is 0.339 e. The van der Waals surface area contributed by atoms with Crippen LogP contribution in [0.4, 0.5) is 0 Å². The molecule has 0 spiro atoms. The van der Waals surface area contributed by atoms with Crippen molar-refractivity contribution < 1.29 is 10.4 Å². The summed E-state index contributed by atoms with van der Waals surface area (Å²) < 4.78 is 18.3. The van der Waals surface area contributed by atoms with Crippen LogP contribution in [0.25, 0.3) is 22.5 Å². The first-order valence-electron chi connectivity index (χ1n) is 7.15. The average molecular weight is 264 g/mol. The monoisotopic (exact) mass is 264 g/mol. The molecule has 0 aliphatic rings. The topological polar surface area (TPSA) is 21.4 Å². The van der Waals surface area contributed by atoms with Crippen LogP contribution in [-0.4, -0.2) is 4.40 Å². The fourth-order valence-electron chi connectivity index (χ4n) is 2.64. The van der Waals surface area contributed by atoms with Gasteiger partial charge in [0.25, 0.3) is 6.30 Å². The molecule has 0 amide bonds. The standard InChI is InChI=1S/C17H15N2O/c1-12-7-3-4-8-14(12)18-11-19-15-9-5-6-10-16(15)20-17(19)13(18)2/h3-11H,1-2H3/q+1/i11D. The van der Waals surface area contributed by atoms with Gasteiger partial charge in [-0.1, -0.05) is 30.3 Å². The Labute approximate surface area is 118 Å². The highest BCUT2D eigenvalue weighted by atomic mass is 16.3. The second-order valence-corrected chi connectivity index (χ2v) is 5.02. The number of para-hydroxylation sites is 3. The summed E-state index contributed by atoms with van der Waals surface area (Å²) >= 11 is 0. The molecule has 0 fully saturated rings. The molecule has 3 heteroatoms. The van der Waals surface area contributed by atoms with Gasteiger partial charge in [-0.3, -0.25) is 0 Å². The van der Waals surface area contributed by atoms with Crippen LogP contribution in [0.3, 0.4) is 0 Å². The lowest BCUT2D eigenvalue weighted by Gasteiger charge is -2.01. The van der Waals surface area contributed by atoms with E-state index in [2.05, 4.69) is 13.0 Å². The molecule has 2 aromatic carbocycles. The van der Waals surface area contributed by atoms with Gasteiger partial charge in [0.2, 0.25) is 0 Å². The molecular weight excluding hydrogens is 248 g/mol. The quantitative estimate of drug-likeness (QED) is 0.481. The van der Waals surface area contributed by atoms with E-state index in [4.69, 9.17) is 5.79 Å². The number of aromatic nitrogens is 2. The number of fused-ring (bicyclic) bond motifs is 3. The van der Waals surface area contributed by atoms with Crippen molar-refractivity contribution in [2.45, 2.75) is 13.8 Å². The van der Waals surface area contributed by atoms with Crippen LogP contribution < -0.4 is 4.57 Å². The Balaban J connectivity index is 2.15. The van der Waals surface area contributed by atoms with E-state index >= 15 is 0 Å². The second kappa shape index (κ2) is 3.97. The van der Waals surface area contributed by atoms with Crippen molar-refractivity contribution >= 4 is 16.8 Å². The molecule has 0 atom stereocenters. The SMILES string of the molecule is [2H]c1n2c(oc3ccccc32)c(C)[n+]1-c1ccccc1C. The molecule has 4 aromatic rings. The first-order chi connectivity index (χ1) is 10.2. The summed E-state index contributed by atoms with van der Waals surface area (Å²) in [7, 11) is 0. The third-order valence-corrected chi connectivity index (χ3v) is 3.72. The Morgan fingerprint density at radius 1 is 1.05 bits per heavy atom. The maximum atomic E-state index is 8.56. The molecule has 4 rings (SSSR count). The Hall–Kier alpha value is -2.55. The maximum absolute atomic E-state index is 8.56. The molecule has 0 bridgehead atoms. The van der Waals surface area contributed by atoms with Gasteiger partial charge >= 0.3 is 5.71 Å². The minimum Gasteiger partial charge on any atom is -0.415 e. The largest absolute Gasteiger partial charge is 0.415 e. The average Bonchev–Trinajstić information content (AvgIpc) is 2.98. The summed E-state index contributed by atoms with van der Waals surface area (Å²) in [6.07, 6.45) is 0.404. The molecule has 20 heavy (non-hydrogen) atoms. The lowest BCUT2D eigenvalue weighted by atomic mass is 10.2. The van der Waals surface area contributed by atoms with Crippen LogP contribution in [0.5, 0.6) is 0 Å².